The van der Waals surface area contributed by atoms with Gasteiger partial charge in [0.2, 0.25) is 5.91 Å². The van der Waals surface area contributed by atoms with Crippen molar-refractivity contribution >= 4 is 18.0 Å². The molecular weight excluding hydrogens is 436 g/mol. The normalized spacial score (nSPS) is 12.9. The van der Waals surface area contributed by atoms with Gasteiger partial charge >= 0.3 is 12.1 Å². The molecule has 2 aromatic carbocycles. The van der Waals surface area contributed by atoms with E-state index in [1.165, 1.54) is 6.33 Å². The molecule has 0 aliphatic heterocycles. The van der Waals surface area contributed by atoms with Gasteiger partial charge in [0, 0.05) is 37.2 Å². The molecule has 1 aliphatic rings. The van der Waals surface area contributed by atoms with Crippen LogP contribution in [0.15, 0.2) is 61.1 Å². The lowest BCUT2D eigenvalue weighted by molar-refractivity contribution is -0.137. The van der Waals surface area contributed by atoms with E-state index in [1.807, 2.05) is 36.4 Å². The summed E-state index contributed by atoms with van der Waals surface area (Å²) in [7, 11) is 0. The summed E-state index contributed by atoms with van der Waals surface area (Å²) in [5, 5.41) is 14.1. The van der Waals surface area contributed by atoms with Gasteiger partial charge in [0.25, 0.3) is 0 Å². The zero-order valence-electron chi connectivity index (χ0n) is 18.5. The molecule has 1 atom stereocenters. The number of aromatic amines is 1. The molecule has 0 saturated heterocycles. The first-order valence-corrected chi connectivity index (χ1v) is 11.1. The first kappa shape index (κ1) is 23.0. The van der Waals surface area contributed by atoms with E-state index in [0.717, 1.165) is 22.3 Å². The van der Waals surface area contributed by atoms with E-state index in [-0.39, 0.29) is 31.9 Å². The fourth-order valence-corrected chi connectivity index (χ4v) is 4.18. The van der Waals surface area contributed by atoms with Crippen LogP contribution in [0.1, 0.15) is 35.6 Å². The average Bonchev–Trinajstić information content (AvgIpc) is 3.46. The number of carbonyl (C=O) groups excluding carboxylic acids is 2. The number of benzene rings is 2. The number of amides is 2. The lowest BCUT2D eigenvalue weighted by Gasteiger charge is -2.19. The number of alkyl carbamates (subject to hydrolysis) is 1. The van der Waals surface area contributed by atoms with E-state index in [2.05, 4.69) is 32.7 Å². The van der Waals surface area contributed by atoms with Crippen molar-refractivity contribution in [3.05, 3.63) is 77.9 Å². The number of carboxylic acid groups (broad SMARTS) is 1. The molecule has 1 unspecified atom stereocenters. The molecule has 0 spiro atoms. The van der Waals surface area contributed by atoms with Crippen LogP contribution in [0.25, 0.3) is 11.1 Å². The summed E-state index contributed by atoms with van der Waals surface area (Å²) in [4.78, 5) is 42.9. The van der Waals surface area contributed by atoms with Crippen LogP contribution in [0.4, 0.5) is 4.79 Å². The number of fused-ring (bicyclic) bond motifs is 3. The molecule has 1 aromatic heterocycles. The molecule has 9 nitrogen and oxygen atoms in total. The second-order valence-corrected chi connectivity index (χ2v) is 8.09. The lowest BCUT2D eigenvalue weighted by atomic mass is 9.98. The molecule has 4 rings (SSSR count). The van der Waals surface area contributed by atoms with E-state index in [1.54, 1.807) is 6.20 Å². The Bertz CT molecular complexity index is 1120. The number of aromatic nitrogens is 2. The summed E-state index contributed by atoms with van der Waals surface area (Å²) in [6.45, 7) is 0.327. The summed E-state index contributed by atoms with van der Waals surface area (Å²) >= 11 is 0. The number of H-pyrrole nitrogens is 1. The number of carbonyl (C=O) groups is 3. The fourth-order valence-electron chi connectivity index (χ4n) is 4.18. The first-order chi connectivity index (χ1) is 16.5. The highest BCUT2D eigenvalue weighted by atomic mass is 16.5. The summed E-state index contributed by atoms with van der Waals surface area (Å²) in [5.74, 6) is -1.44. The Labute approximate surface area is 196 Å². The Kier molecular flexibility index (Phi) is 7.22. The molecule has 3 aromatic rings. The van der Waals surface area contributed by atoms with Crippen molar-refractivity contribution in [2.45, 2.75) is 31.2 Å². The minimum Gasteiger partial charge on any atom is -0.481 e. The average molecular weight is 463 g/mol. The minimum atomic E-state index is -0.931. The molecule has 4 N–H and O–H groups in total. The third-order valence-electron chi connectivity index (χ3n) is 5.80. The van der Waals surface area contributed by atoms with Crippen molar-refractivity contribution in [2.75, 3.05) is 13.2 Å². The predicted molar refractivity (Wildman–Crippen MR) is 124 cm³/mol. The van der Waals surface area contributed by atoms with E-state index in [0.29, 0.717) is 12.1 Å². The molecular formula is C25H26N4O5. The summed E-state index contributed by atoms with van der Waals surface area (Å²) in [6, 6.07) is 15.2. The van der Waals surface area contributed by atoms with E-state index in [4.69, 9.17) is 9.84 Å². The van der Waals surface area contributed by atoms with E-state index < -0.39 is 24.0 Å². The SMILES string of the molecule is O=C(O)CCCNC(=O)C(Cc1cnc[nH]1)NC(=O)OCC1c2ccccc2-c2ccccc21. The lowest BCUT2D eigenvalue weighted by Crippen LogP contribution is -2.48. The van der Waals surface area contributed by atoms with Crippen molar-refractivity contribution in [1.29, 1.82) is 0 Å². The van der Waals surface area contributed by atoms with Crippen molar-refractivity contribution in [3.63, 3.8) is 0 Å². The number of hydrogen-bond donors (Lipinski definition) is 4. The number of nitrogens with one attached hydrogen (secondary N) is 3. The molecule has 176 valence electrons. The number of rotatable bonds is 10. The molecule has 34 heavy (non-hydrogen) atoms. The molecule has 0 saturated carbocycles. The largest absolute Gasteiger partial charge is 0.481 e. The minimum absolute atomic E-state index is 0.0503. The molecule has 1 heterocycles. The molecule has 1 aliphatic carbocycles. The molecule has 0 radical (unpaired) electrons. The van der Waals surface area contributed by atoms with Gasteiger partial charge in [0.1, 0.15) is 12.6 Å². The van der Waals surface area contributed by atoms with Crippen LogP contribution in [0.3, 0.4) is 0 Å². The molecule has 0 bridgehead atoms. The predicted octanol–water partition coefficient (Wildman–Crippen LogP) is 2.84. The highest BCUT2D eigenvalue weighted by Gasteiger charge is 2.30. The Hall–Kier alpha value is -4.14. The first-order valence-electron chi connectivity index (χ1n) is 11.1. The number of hydrogen-bond acceptors (Lipinski definition) is 5. The monoisotopic (exact) mass is 462 g/mol. The van der Waals surface area contributed by atoms with Crippen LogP contribution < -0.4 is 10.6 Å². The number of ether oxygens (including phenoxy) is 1. The van der Waals surface area contributed by atoms with Gasteiger partial charge in [0.05, 0.1) is 6.33 Å². The third-order valence-corrected chi connectivity index (χ3v) is 5.80. The Morgan fingerprint density at radius 2 is 1.74 bits per heavy atom. The zero-order chi connectivity index (χ0) is 23.9. The second-order valence-electron chi connectivity index (χ2n) is 8.09. The van der Waals surface area contributed by atoms with Gasteiger partial charge in [-0.3, -0.25) is 9.59 Å². The molecule has 2 amide bonds. The van der Waals surface area contributed by atoms with Crippen LogP contribution in [0.5, 0.6) is 0 Å². The summed E-state index contributed by atoms with van der Waals surface area (Å²) in [6.07, 6.45) is 2.80. The van der Waals surface area contributed by atoms with Gasteiger partial charge in [-0.05, 0) is 28.7 Å². The maximum absolute atomic E-state index is 12.7. The van der Waals surface area contributed by atoms with Crippen LogP contribution >= 0.6 is 0 Å². The Morgan fingerprint density at radius 1 is 1.06 bits per heavy atom. The number of aliphatic carboxylic acids is 1. The van der Waals surface area contributed by atoms with Crippen molar-refractivity contribution in [1.82, 2.24) is 20.6 Å². The van der Waals surface area contributed by atoms with Gasteiger partial charge in [-0.15, -0.1) is 0 Å². The van der Waals surface area contributed by atoms with Crippen LogP contribution in [-0.2, 0) is 20.7 Å². The molecule has 9 heteroatoms. The smallest absolute Gasteiger partial charge is 0.407 e. The Balaban J connectivity index is 1.39. The molecule has 0 fully saturated rings. The standard InChI is InChI=1S/C25H26N4O5/c30-23(31)10-5-11-27-24(32)22(12-16-13-26-15-28-16)29-25(33)34-14-21-19-8-3-1-6-17(19)18-7-2-4-9-20(18)21/h1-4,6-9,13,15,21-22H,5,10-12,14H2,(H,26,28)(H,27,32)(H,29,33)(H,30,31). The van der Waals surface area contributed by atoms with Gasteiger partial charge < -0.3 is 25.5 Å². The maximum Gasteiger partial charge on any atom is 0.407 e. The second kappa shape index (κ2) is 10.7. The van der Waals surface area contributed by atoms with Gasteiger partial charge in [-0.2, -0.15) is 0 Å². The van der Waals surface area contributed by atoms with E-state index >= 15 is 0 Å². The van der Waals surface area contributed by atoms with Crippen LogP contribution in [0, 0.1) is 0 Å². The zero-order valence-corrected chi connectivity index (χ0v) is 18.5. The van der Waals surface area contributed by atoms with Crippen molar-refractivity contribution < 1.29 is 24.2 Å². The van der Waals surface area contributed by atoms with Gasteiger partial charge in [-0.25, -0.2) is 9.78 Å². The van der Waals surface area contributed by atoms with Crippen LogP contribution in [-0.4, -0.2) is 52.2 Å². The van der Waals surface area contributed by atoms with E-state index in [9.17, 15) is 14.4 Å². The quantitative estimate of drug-likeness (QED) is 0.343. The van der Waals surface area contributed by atoms with Gasteiger partial charge in [-0.1, -0.05) is 48.5 Å². The number of imidazole rings is 1. The van der Waals surface area contributed by atoms with Gasteiger partial charge in [0.15, 0.2) is 0 Å². The topological polar surface area (TPSA) is 133 Å². The third kappa shape index (κ3) is 5.43. The van der Waals surface area contributed by atoms with Crippen LogP contribution in [0.2, 0.25) is 0 Å². The Morgan fingerprint density at radius 3 is 2.35 bits per heavy atom. The highest BCUT2D eigenvalue weighted by Crippen LogP contribution is 2.44. The number of nitrogens with zero attached hydrogens (tertiary/aromatic N) is 1. The summed E-state index contributed by atoms with van der Waals surface area (Å²) < 4.78 is 5.56. The summed E-state index contributed by atoms with van der Waals surface area (Å²) in [5.41, 5.74) is 5.13. The van der Waals surface area contributed by atoms with Crippen molar-refractivity contribution in [3.8, 4) is 11.1 Å². The van der Waals surface area contributed by atoms with Crippen molar-refractivity contribution in [2.24, 2.45) is 0 Å². The fraction of sp³-hybridized carbons (Fsp3) is 0.280. The number of carboxylic acids is 1. The highest BCUT2D eigenvalue weighted by molar-refractivity contribution is 5.86. The maximum atomic E-state index is 12.7.